The van der Waals surface area contributed by atoms with Gasteiger partial charge in [-0.25, -0.2) is 14.9 Å². The van der Waals surface area contributed by atoms with E-state index in [1.54, 1.807) is 0 Å². The van der Waals surface area contributed by atoms with Crippen molar-refractivity contribution < 1.29 is 5.11 Å². The van der Waals surface area contributed by atoms with Crippen LogP contribution in [-0.4, -0.2) is 35.3 Å². The molecule has 128 valence electrons. The molecule has 0 radical (unpaired) electrons. The van der Waals surface area contributed by atoms with E-state index in [9.17, 15) is 5.11 Å². The topological polar surface area (TPSA) is 59.1 Å². The molecule has 0 aliphatic rings. The molecule has 0 aliphatic heterocycles. The molecule has 0 amide bonds. The summed E-state index contributed by atoms with van der Waals surface area (Å²) in [7, 11) is 0. The zero-order chi connectivity index (χ0) is 17.2. The average molecular weight is 335 g/mol. The van der Waals surface area contributed by atoms with Gasteiger partial charge in [-0.1, -0.05) is 31.2 Å². The fourth-order valence-electron chi connectivity index (χ4n) is 3.13. The van der Waals surface area contributed by atoms with Crippen molar-refractivity contribution in [3.8, 4) is 0 Å². The van der Waals surface area contributed by atoms with Crippen molar-refractivity contribution in [3.05, 3.63) is 61.2 Å². The molecule has 0 saturated carbocycles. The molecule has 2 aromatic carbocycles. The highest BCUT2D eigenvalue weighted by Crippen LogP contribution is 2.17. The van der Waals surface area contributed by atoms with Gasteiger partial charge >= 0.3 is 0 Å². The highest BCUT2D eigenvalue weighted by atomic mass is 16.3. The maximum atomic E-state index is 10.5. The summed E-state index contributed by atoms with van der Waals surface area (Å²) in [6.07, 6.45) is 3.76. The third kappa shape index (κ3) is 3.01. The molecule has 2 heterocycles. The van der Waals surface area contributed by atoms with Crippen molar-refractivity contribution in [1.82, 2.24) is 24.0 Å². The first-order chi connectivity index (χ1) is 12.3. The molecule has 6 heteroatoms. The summed E-state index contributed by atoms with van der Waals surface area (Å²) in [5.74, 6) is 0. The Bertz CT molecular complexity index is 913. The van der Waals surface area contributed by atoms with Crippen molar-refractivity contribution in [2.75, 3.05) is 0 Å². The molecule has 0 saturated heterocycles. The SMILES string of the molecule is CCC(O)N(Cn1cnc2ccccc21)Cn1cnc2ccccc21. The zero-order valence-corrected chi connectivity index (χ0v) is 14.2. The van der Waals surface area contributed by atoms with Crippen LogP contribution in [0.3, 0.4) is 0 Å². The Labute approximate surface area is 146 Å². The number of hydrogen-bond acceptors (Lipinski definition) is 4. The summed E-state index contributed by atoms with van der Waals surface area (Å²) >= 11 is 0. The minimum absolute atomic E-state index is 0.540. The second kappa shape index (κ2) is 6.66. The largest absolute Gasteiger partial charge is 0.378 e. The third-order valence-electron chi connectivity index (χ3n) is 4.51. The number of aliphatic hydroxyl groups excluding tert-OH is 1. The van der Waals surface area contributed by atoms with Gasteiger partial charge in [-0.05, 0) is 30.7 Å². The smallest absolute Gasteiger partial charge is 0.109 e. The lowest BCUT2D eigenvalue weighted by molar-refractivity contribution is -0.0378. The van der Waals surface area contributed by atoms with Crippen LogP contribution in [0.5, 0.6) is 0 Å². The molecule has 1 N–H and O–H groups in total. The fraction of sp³-hybridized carbons (Fsp3) is 0.263. The summed E-state index contributed by atoms with van der Waals surface area (Å²) in [4.78, 5) is 10.9. The number of hydrogen-bond donors (Lipinski definition) is 1. The Hall–Kier alpha value is -2.70. The van der Waals surface area contributed by atoms with E-state index in [2.05, 4.69) is 19.1 Å². The molecule has 1 unspecified atom stereocenters. The molecule has 0 spiro atoms. The van der Waals surface area contributed by atoms with Gasteiger partial charge in [0, 0.05) is 0 Å². The first-order valence-corrected chi connectivity index (χ1v) is 8.48. The van der Waals surface area contributed by atoms with E-state index < -0.39 is 6.23 Å². The lowest BCUT2D eigenvalue weighted by Crippen LogP contribution is -2.37. The number of fused-ring (bicyclic) bond motifs is 2. The Kier molecular flexibility index (Phi) is 4.21. The molecule has 0 aliphatic carbocycles. The Balaban J connectivity index is 1.64. The van der Waals surface area contributed by atoms with E-state index in [4.69, 9.17) is 0 Å². The van der Waals surface area contributed by atoms with E-state index in [1.165, 1.54) is 0 Å². The molecule has 25 heavy (non-hydrogen) atoms. The first kappa shape index (κ1) is 15.8. The van der Waals surface area contributed by atoms with Gasteiger partial charge in [-0.15, -0.1) is 0 Å². The van der Waals surface area contributed by atoms with Gasteiger partial charge in [0.2, 0.25) is 0 Å². The molecule has 4 aromatic rings. The lowest BCUT2D eigenvalue weighted by atomic mass is 10.3. The quantitative estimate of drug-likeness (QED) is 0.550. The van der Waals surface area contributed by atoms with E-state index in [1.807, 2.05) is 73.0 Å². The second-order valence-electron chi connectivity index (χ2n) is 6.17. The normalized spacial score (nSPS) is 13.1. The lowest BCUT2D eigenvalue weighted by Gasteiger charge is -2.28. The number of benzene rings is 2. The maximum Gasteiger partial charge on any atom is 0.109 e. The van der Waals surface area contributed by atoms with Crippen LogP contribution in [-0.2, 0) is 13.3 Å². The van der Waals surface area contributed by atoms with E-state index >= 15 is 0 Å². The Morgan fingerprint density at radius 1 is 0.880 bits per heavy atom. The van der Waals surface area contributed by atoms with Crippen LogP contribution in [0.2, 0.25) is 0 Å². The molecule has 2 aromatic heterocycles. The molecule has 0 bridgehead atoms. The molecule has 0 fully saturated rings. The number of imidazole rings is 2. The van der Waals surface area contributed by atoms with Gasteiger partial charge in [0.15, 0.2) is 0 Å². The Morgan fingerprint density at radius 3 is 1.84 bits per heavy atom. The number of rotatable bonds is 6. The number of para-hydroxylation sites is 4. The van der Waals surface area contributed by atoms with Crippen LogP contribution in [0.4, 0.5) is 0 Å². The summed E-state index contributed by atoms with van der Waals surface area (Å²) in [5.41, 5.74) is 4.04. The van der Waals surface area contributed by atoms with Crippen LogP contribution in [0, 0.1) is 0 Å². The van der Waals surface area contributed by atoms with Crippen LogP contribution in [0.25, 0.3) is 22.1 Å². The van der Waals surface area contributed by atoms with Gasteiger partial charge in [-0.3, -0.25) is 0 Å². The highest BCUT2D eigenvalue weighted by molar-refractivity contribution is 5.75. The van der Waals surface area contributed by atoms with E-state index in [0.29, 0.717) is 19.8 Å². The van der Waals surface area contributed by atoms with Crippen molar-refractivity contribution in [2.45, 2.75) is 32.9 Å². The fourth-order valence-corrected chi connectivity index (χ4v) is 3.13. The van der Waals surface area contributed by atoms with Gasteiger partial charge in [0.05, 0.1) is 48.1 Å². The molecular formula is C19H21N5O. The average Bonchev–Trinajstić information content (AvgIpc) is 3.25. The number of aromatic nitrogens is 4. The maximum absolute atomic E-state index is 10.5. The van der Waals surface area contributed by atoms with Crippen LogP contribution in [0.1, 0.15) is 13.3 Å². The zero-order valence-electron chi connectivity index (χ0n) is 14.2. The van der Waals surface area contributed by atoms with Crippen LogP contribution < -0.4 is 0 Å². The summed E-state index contributed by atoms with van der Waals surface area (Å²) < 4.78 is 4.13. The minimum atomic E-state index is -0.540. The summed E-state index contributed by atoms with van der Waals surface area (Å²) in [6, 6.07) is 16.1. The van der Waals surface area contributed by atoms with Gasteiger partial charge in [0.25, 0.3) is 0 Å². The standard InChI is InChI=1S/C19H21N5O/c1-2-19(25)24(13-22-11-20-15-7-3-5-9-17(15)22)14-23-12-21-16-8-4-6-10-18(16)23/h3-12,19,25H,2,13-14H2,1H3. The van der Waals surface area contributed by atoms with Crippen molar-refractivity contribution in [3.63, 3.8) is 0 Å². The van der Waals surface area contributed by atoms with Gasteiger partial charge in [0.1, 0.15) is 6.23 Å². The number of nitrogens with zero attached hydrogens (tertiary/aromatic N) is 5. The van der Waals surface area contributed by atoms with Crippen LogP contribution >= 0.6 is 0 Å². The molecular weight excluding hydrogens is 314 g/mol. The minimum Gasteiger partial charge on any atom is -0.378 e. The van der Waals surface area contributed by atoms with Crippen LogP contribution in [0.15, 0.2) is 61.2 Å². The molecule has 6 nitrogen and oxygen atoms in total. The van der Waals surface area contributed by atoms with Crippen molar-refractivity contribution in [1.29, 1.82) is 0 Å². The summed E-state index contributed by atoms with van der Waals surface area (Å²) in [6.45, 7) is 3.10. The predicted molar refractivity (Wildman–Crippen MR) is 97.6 cm³/mol. The highest BCUT2D eigenvalue weighted by Gasteiger charge is 2.17. The molecule has 4 rings (SSSR count). The van der Waals surface area contributed by atoms with Gasteiger partial charge in [-0.2, -0.15) is 0 Å². The Morgan fingerprint density at radius 2 is 1.36 bits per heavy atom. The first-order valence-electron chi connectivity index (χ1n) is 8.48. The third-order valence-corrected chi connectivity index (χ3v) is 4.51. The second-order valence-corrected chi connectivity index (χ2v) is 6.17. The predicted octanol–water partition coefficient (Wildman–Crippen LogP) is 3.03. The summed E-state index contributed by atoms with van der Waals surface area (Å²) in [5, 5.41) is 10.5. The van der Waals surface area contributed by atoms with E-state index in [-0.39, 0.29) is 0 Å². The number of aliphatic hydroxyl groups is 1. The monoisotopic (exact) mass is 335 g/mol. The van der Waals surface area contributed by atoms with Gasteiger partial charge < -0.3 is 14.2 Å². The van der Waals surface area contributed by atoms with Crippen molar-refractivity contribution in [2.24, 2.45) is 0 Å². The van der Waals surface area contributed by atoms with E-state index in [0.717, 1.165) is 22.1 Å². The molecule has 1 atom stereocenters. The van der Waals surface area contributed by atoms with Crippen molar-refractivity contribution >= 4 is 22.1 Å².